The quantitative estimate of drug-likeness (QED) is 0.292. The van der Waals surface area contributed by atoms with E-state index in [9.17, 15) is 9.59 Å². The van der Waals surface area contributed by atoms with Crippen molar-refractivity contribution in [2.75, 3.05) is 18.2 Å². The number of anilines is 1. The number of thioether (sulfide) groups is 1. The van der Waals surface area contributed by atoms with Crippen LogP contribution in [0.15, 0.2) is 88.5 Å². The molecule has 10 heteroatoms. The first kappa shape index (κ1) is 24.5. The fourth-order valence-electron chi connectivity index (χ4n) is 3.21. The van der Waals surface area contributed by atoms with Crippen molar-refractivity contribution in [1.82, 2.24) is 20.1 Å². The molecule has 8 nitrogen and oxygen atoms in total. The SMILES string of the molecule is COc1ccc(NC(=O)CSc2nnc(CNC(=O)c3ccccc3)n2-c2ccc(Br)cc2)cc1. The van der Waals surface area contributed by atoms with Gasteiger partial charge in [-0.2, -0.15) is 0 Å². The van der Waals surface area contributed by atoms with Gasteiger partial charge in [0.2, 0.25) is 5.91 Å². The number of hydrogen-bond donors (Lipinski definition) is 2. The van der Waals surface area contributed by atoms with E-state index in [2.05, 4.69) is 36.8 Å². The van der Waals surface area contributed by atoms with Crippen molar-refractivity contribution in [1.29, 1.82) is 0 Å². The second-order valence-electron chi connectivity index (χ2n) is 7.32. The highest BCUT2D eigenvalue weighted by Crippen LogP contribution is 2.24. The Morgan fingerprint density at radius 3 is 2.37 bits per heavy atom. The van der Waals surface area contributed by atoms with Gasteiger partial charge >= 0.3 is 0 Å². The lowest BCUT2D eigenvalue weighted by atomic mass is 10.2. The normalized spacial score (nSPS) is 10.6. The van der Waals surface area contributed by atoms with Crippen molar-refractivity contribution >= 4 is 45.2 Å². The molecule has 0 atom stereocenters. The van der Waals surface area contributed by atoms with Crippen LogP contribution in [0.4, 0.5) is 5.69 Å². The number of carbonyl (C=O) groups excluding carboxylic acids is 2. The van der Waals surface area contributed by atoms with Crippen LogP contribution in [0.3, 0.4) is 0 Å². The van der Waals surface area contributed by atoms with Crippen LogP contribution in [-0.2, 0) is 11.3 Å². The molecular weight excluding hydrogens is 530 g/mol. The Morgan fingerprint density at radius 2 is 1.69 bits per heavy atom. The summed E-state index contributed by atoms with van der Waals surface area (Å²) in [7, 11) is 1.59. The molecule has 2 N–H and O–H groups in total. The van der Waals surface area contributed by atoms with Gasteiger partial charge in [-0.3, -0.25) is 14.2 Å². The van der Waals surface area contributed by atoms with Gasteiger partial charge in [0.25, 0.3) is 5.91 Å². The second-order valence-corrected chi connectivity index (χ2v) is 9.18. The summed E-state index contributed by atoms with van der Waals surface area (Å²) in [6.45, 7) is 0.176. The minimum absolute atomic E-state index is 0.136. The number of methoxy groups -OCH3 is 1. The monoisotopic (exact) mass is 551 g/mol. The topological polar surface area (TPSA) is 98.1 Å². The molecule has 2 amide bonds. The van der Waals surface area contributed by atoms with Gasteiger partial charge in [0.15, 0.2) is 11.0 Å². The van der Waals surface area contributed by atoms with Crippen LogP contribution in [0.25, 0.3) is 5.69 Å². The average Bonchev–Trinajstić information content (AvgIpc) is 3.30. The van der Waals surface area contributed by atoms with Crippen LogP contribution in [0, 0.1) is 0 Å². The number of ether oxygens (including phenoxy) is 1. The van der Waals surface area contributed by atoms with Crippen LogP contribution in [-0.4, -0.2) is 39.4 Å². The first-order valence-electron chi connectivity index (χ1n) is 10.6. The summed E-state index contributed by atoms with van der Waals surface area (Å²) < 4.78 is 7.91. The third-order valence-electron chi connectivity index (χ3n) is 4.93. The van der Waals surface area contributed by atoms with Gasteiger partial charge in [-0.05, 0) is 60.7 Å². The molecule has 0 saturated heterocycles. The molecule has 0 saturated carbocycles. The molecule has 35 heavy (non-hydrogen) atoms. The molecule has 1 heterocycles. The van der Waals surface area contributed by atoms with E-state index < -0.39 is 0 Å². The zero-order chi connectivity index (χ0) is 24.6. The molecule has 3 aromatic carbocycles. The maximum atomic E-state index is 12.5. The average molecular weight is 552 g/mol. The molecule has 0 radical (unpaired) electrons. The smallest absolute Gasteiger partial charge is 0.251 e. The Balaban J connectivity index is 1.48. The Hall–Kier alpha value is -3.63. The molecule has 4 aromatic rings. The summed E-state index contributed by atoms with van der Waals surface area (Å²) in [6, 6.07) is 23.7. The van der Waals surface area contributed by atoms with Crippen molar-refractivity contribution in [3.8, 4) is 11.4 Å². The van der Waals surface area contributed by atoms with Crippen molar-refractivity contribution in [3.05, 3.63) is 94.7 Å². The highest BCUT2D eigenvalue weighted by molar-refractivity contribution is 9.10. The minimum atomic E-state index is -0.205. The van der Waals surface area contributed by atoms with Gasteiger partial charge in [-0.25, -0.2) is 0 Å². The molecule has 0 unspecified atom stereocenters. The third-order valence-corrected chi connectivity index (χ3v) is 6.39. The molecular formula is C25H22BrN5O3S. The Bertz CT molecular complexity index is 1300. The number of nitrogens with one attached hydrogen (secondary N) is 2. The fourth-order valence-corrected chi connectivity index (χ4v) is 4.25. The zero-order valence-corrected chi connectivity index (χ0v) is 21.2. The summed E-state index contributed by atoms with van der Waals surface area (Å²) in [4.78, 5) is 25.0. The van der Waals surface area contributed by atoms with E-state index in [1.54, 1.807) is 43.5 Å². The third kappa shape index (κ3) is 6.49. The number of carbonyl (C=O) groups is 2. The second kappa shape index (κ2) is 11.7. The van der Waals surface area contributed by atoms with Gasteiger partial charge < -0.3 is 15.4 Å². The van der Waals surface area contributed by atoms with Crippen LogP contribution < -0.4 is 15.4 Å². The molecule has 178 valence electrons. The molecule has 0 bridgehead atoms. The number of nitrogens with zero attached hydrogens (tertiary/aromatic N) is 3. The molecule has 0 fully saturated rings. The van der Waals surface area contributed by atoms with Gasteiger partial charge in [0.1, 0.15) is 5.75 Å². The largest absolute Gasteiger partial charge is 0.497 e. The molecule has 1 aromatic heterocycles. The zero-order valence-electron chi connectivity index (χ0n) is 18.8. The lowest BCUT2D eigenvalue weighted by Crippen LogP contribution is -2.24. The highest BCUT2D eigenvalue weighted by Gasteiger charge is 2.17. The van der Waals surface area contributed by atoms with E-state index in [0.29, 0.717) is 28.0 Å². The predicted molar refractivity (Wildman–Crippen MR) is 139 cm³/mol. The lowest BCUT2D eigenvalue weighted by Gasteiger charge is -2.11. The number of aromatic nitrogens is 3. The van der Waals surface area contributed by atoms with Gasteiger partial charge in [-0.1, -0.05) is 45.9 Å². The molecule has 0 aliphatic heterocycles. The van der Waals surface area contributed by atoms with Crippen molar-refractivity contribution < 1.29 is 14.3 Å². The molecule has 0 aliphatic rings. The van der Waals surface area contributed by atoms with Crippen molar-refractivity contribution in [2.45, 2.75) is 11.7 Å². The lowest BCUT2D eigenvalue weighted by molar-refractivity contribution is -0.113. The fraction of sp³-hybridized carbons (Fsp3) is 0.120. The van der Waals surface area contributed by atoms with E-state index in [1.165, 1.54) is 11.8 Å². The predicted octanol–water partition coefficient (Wildman–Crippen LogP) is 4.70. The number of rotatable bonds is 9. The Labute approximate surface area is 215 Å². The Kier molecular flexibility index (Phi) is 8.17. The first-order valence-corrected chi connectivity index (χ1v) is 12.4. The summed E-state index contributed by atoms with van der Waals surface area (Å²) in [5.74, 6) is 1.02. The van der Waals surface area contributed by atoms with E-state index in [0.717, 1.165) is 10.2 Å². The van der Waals surface area contributed by atoms with Gasteiger partial charge in [0, 0.05) is 21.4 Å². The van der Waals surface area contributed by atoms with Crippen molar-refractivity contribution in [3.63, 3.8) is 0 Å². The van der Waals surface area contributed by atoms with E-state index in [4.69, 9.17) is 4.74 Å². The Morgan fingerprint density at radius 1 is 0.971 bits per heavy atom. The van der Waals surface area contributed by atoms with Crippen molar-refractivity contribution in [2.24, 2.45) is 0 Å². The maximum Gasteiger partial charge on any atom is 0.251 e. The maximum absolute atomic E-state index is 12.5. The van der Waals surface area contributed by atoms with Crippen LogP contribution in [0.1, 0.15) is 16.2 Å². The molecule has 0 aliphatic carbocycles. The number of hydrogen-bond acceptors (Lipinski definition) is 6. The van der Waals surface area contributed by atoms with Crippen LogP contribution in [0.2, 0.25) is 0 Å². The van der Waals surface area contributed by atoms with Crippen LogP contribution in [0.5, 0.6) is 5.75 Å². The van der Waals surface area contributed by atoms with E-state index >= 15 is 0 Å². The number of halogens is 1. The van der Waals surface area contributed by atoms with Gasteiger partial charge in [-0.15, -0.1) is 10.2 Å². The summed E-state index contributed by atoms with van der Waals surface area (Å²) in [6.07, 6.45) is 0. The number of benzene rings is 3. The minimum Gasteiger partial charge on any atom is -0.497 e. The van der Waals surface area contributed by atoms with E-state index in [1.807, 2.05) is 47.0 Å². The number of amides is 2. The summed E-state index contributed by atoms with van der Waals surface area (Å²) >= 11 is 4.71. The first-order chi connectivity index (χ1) is 17.0. The molecule has 4 rings (SSSR count). The summed E-state index contributed by atoms with van der Waals surface area (Å²) in [5.41, 5.74) is 2.06. The molecule has 0 spiro atoms. The standard InChI is InChI=1S/C25H22BrN5O3S/c1-34-21-13-9-19(10-14-21)28-23(32)16-35-25-30-29-22(31(25)20-11-7-18(26)8-12-20)15-27-24(33)17-5-3-2-4-6-17/h2-14H,15-16H2,1H3,(H,27,33)(H,28,32). The highest BCUT2D eigenvalue weighted by atomic mass is 79.9. The van der Waals surface area contributed by atoms with E-state index in [-0.39, 0.29) is 24.1 Å². The summed E-state index contributed by atoms with van der Waals surface area (Å²) in [5, 5.41) is 14.9. The van der Waals surface area contributed by atoms with Crippen LogP contribution >= 0.6 is 27.7 Å². The van der Waals surface area contributed by atoms with Gasteiger partial charge in [0.05, 0.1) is 19.4 Å².